The maximum atomic E-state index is 12.6. The predicted octanol–water partition coefficient (Wildman–Crippen LogP) is 2.89. The highest BCUT2D eigenvalue weighted by molar-refractivity contribution is 7.09. The standard InChI is InChI=1S/C16H25N3OS/c1-12-11-21-16(18-12)14-4-2-3-9-19(14)15(20)6-5-13-7-8-17-10-13/h11,13-14,17H,2-10H2,1H3. The SMILES string of the molecule is Cc1csc(C2CCCCN2C(=O)CCC2CCNC2)n1. The highest BCUT2D eigenvalue weighted by atomic mass is 32.1. The summed E-state index contributed by atoms with van der Waals surface area (Å²) >= 11 is 1.71. The van der Waals surface area contributed by atoms with Gasteiger partial charge in [0.1, 0.15) is 5.01 Å². The van der Waals surface area contributed by atoms with Crippen LogP contribution in [-0.4, -0.2) is 35.4 Å². The van der Waals surface area contributed by atoms with Gasteiger partial charge in [-0.3, -0.25) is 4.79 Å². The lowest BCUT2D eigenvalue weighted by Gasteiger charge is -2.35. The number of aromatic nitrogens is 1. The van der Waals surface area contributed by atoms with E-state index >= 15 is 0 Å². The van der Waals surface area contributed by atoms with E-state index in [1.54, 1.807) is 11.3 Å². The first-order valence-electron chi connectivity index (χ1n) is 8.16. The number of aryl methyl sites for hydroxylation is 1. The molecular weight excluding hydrogens is 282 g/mol. The van der Waals surface area contributed by atoms with Gasteiger partial charge in [0.15, 0.2) is 0 Å². The minimum Gasteiger partial charge on any atom is -0.333 e. The van der Waals surface area contributed by atoms with Crippen LogP contribution in [0.2, 0.25) is 0 Å². The number of rotatable bonds is 4. The van der Waals surface area contributed by atoms with E-state index in [1.807, 2.05) is 6.92 Å². The Hall–Kier alpha value is -0.940. The van der Waals surface area contributed by atoms with Crippen LogP contribution in [0.15, 0.2) is 5.38 Å². The summed E-state index contributed by atoms with van der Waals surface area (Å²) in [7, 11) is 0. The van der Waals surface area contributed by atoms with Crippen LogP contribution >= 0.6 is 11.3 Å². The molecule has 1 amide bonds. The summed E-state index contributed by atoms with van der Waals surface area (Å²) in [5.74, 6) is 1.03. The quantitative estimate of drug-likeness (QED) is 0.930. The average molecular weight is 307 g/mol. The van der Waals surface area contributed by atoms with E-state index in [9.17, 15) is 4.79 Å². The van der Waals surface area contributed by atoms with Crippen LogP contribution in [0, 0.1) is 12.8 Å². The molecule has 3 heterocycles. The summed E-state index contributed by atoms with van der Waals surface area (Å²) in [4.78, 5) is 19.3. The van der Waals surface area contributed by atoms with Crippen molar-refractivity contribution in [1.82, 2.24) is 15.2 Å². The fourth-order valence-corrected chi connectivity index (χ4v) is 4.39. The number of carbonyl (C=O) groups excluding carboxylic acids is 1. The van der Waals surface area contributed by atoms with Crippen molar-refractivity contribution < 1.29 is 4.79 Å². The molecule has 21 heavy (non-hydrogen) atoms. The number of hydrogen-bond acceptors (Lipinski definition) is 4. The van der Waals surface area contributed by atoms with Crippen LogP contribution in [0.3, 0.4) is 0 Å². The Morgan fingerprint density at radius 1 is 1.48 bits per heavy atom. The average Bonchev–Trinajstić information content (AvgIpc) is 3.16. The molecule has 0 bridgehead atoms. The first kappa shape index (κ1) is 15.0. The van der Waals surface area contributed by atoms with Gasteiger partial charge in [-0.2, -0.15) is 0 Å². The Kier molecular flexibility index (Phi) is 4.91. The van der Waals surface area contributed by atoms with Gasteiger partial charge < -0.3 is 10.2 Å². The Balaban J connectivity index is 1.61. The second-order valence-corrected chi connectivity index (χ2v) is 7.21. The third-order valence-electron chi connectivity index (χ3n) is 4.67. The van der Waals surface area contributed by atoms with Crippen LogP contribution in [0.4, 0.5) is 0 Å². The maximum Gasteiger partial charge on any atom is 0.223 e. The van der Waals surface area contributed by atoms with Gasteiger partial charge in [-0.1, -0.05) is 0 Å². The summed E-state index contributed by atoms with van der Waals surface area (Å²) < 4.78 is 0. The zero-order chi connectivity index (χ0) is 14.7. The number of amides is 1. The molecule has 0 spiro atoms. The van der Waals surface area contributed by atoms with E-state index in [-0.39, 0.29) is 6.04 Å². The van der Waals surface area contributed by atoms with Crippen molar-refractivity contribution >= 4 is 17.2 Å². The first-order chi connectivity index (χ1) is 10.2. The molecule has 1 N–H and O–H groups in total. The van der Waals surface area contributed by atoms with Crippen molar-refractivity contribution in [1.29, 1.82) is 0 Å². The molecule has 3 rings (SSSR count). The molecule has 1 aromatic rings. The number of nitrogens with one attached hydrogen (secondary N) is 1. The molecule has 1 aromatic heterocycles. The number of likely N-dealkylation sites (tertiary alicyclic amines) is 1. The number of nitrogens with zero attached hydrogens (tertiary/aromatic N) is 2. The van der Waals surface area contributed by atoms with E-state index in [4.69, 9.17) is 0 Å². The monoisotopic (exact) mass is 307 g/mol. The first-order valence-corrected chi connectivity index (χ1v) is 9.04. The molecule has 2 aliphatic rings. The van der Waals surface area contributed by atoms with Crippen molar-refractivity contribution in [2.45, 2.75) is 51.5 Å². The van der Waals surface area contributed by atoms with Crippen molar-refractivity contribution in [3.05, 3.63) is 16.1 Å². The molecule has 2 saturated heterocycles. The Morgan fingerprint density at radius 2 is 2.38 bits per heavy atom. The maximum absolute atomic E-state index is 12.6. The lowest BCUT2D eigenvalue weighted by atomic mass is 9.99. The number of carbonyl (C=O) groups is 1. The van der Waals surface area contributed by atoms with Crippen molar-refractivity contribution in [3.63, 3.8) is 0 Å². The molecule has 0 aliphatic carbocycles. The fraction of sp³-hybridized carbons (Fsp3) is 0.750. The second kappa shape index (κ2) is 6.88. The second-order valence-electron chi connectivity index (χ2n) is 6.32. The molecule has 0 saturated carbocycles. The van der Waals surface area contributed by atoms with Gasteiger partial charge in [0.25, 0.3) is 0 Å². The summed E-state index contributed by atoms with van der Waals surface area (Å²) in [6.07, 6.45) is 6.38. The molecule has 116 valence electrons. The third-order valence-corrected chi connectivity index (χ3v) is 5.74. The lowest BCUT2D eigenvalue weighted by Crippen LogP contribution is -2.38. The predicted molar refractivity (Wildman–Crippen MR) is 85.4 cm³/mol. The molecule has 2 fully saturated rings. The normalized spacial score (nSPS) is 26.2. The lowest BCUT2D eigenvalue weighted by molar-refractivity contribution is -0.135. The van der Waals surface area contributed by atoms with E-state index in [1.165, 1.54) is 12.8 Å². The van der Waals surface area contributed by atoms with Gasteiger partial charge in [-0.05, 0) is 58.0 Å². The zero-order valence-electron chi connectivity index (χ0n) is 12.8. The molecule has 0 aromatic carbocycles. The molecule has 2 unspecified atom stereocenters. The van der Waals surface area contributed by atoms with Crippen LogP contribution in [-0.2, 0) is 4.79 Å². The third kappa shape index (κ3) is 3.64. The Morgan fingerprint density at radius 3 is 3.10 bits per heavy atom. The van der Waals surface area contributed by atoms with Gasteiger partial charge >= 0.3 is 0 Å². The van der Waals surface area contributed by atoms with Gasteiger partial charge in [0, 0.05) is 24.0 Å². The van der Waals surface area contributed by atoms with E-state index in [0.717, 1.165) is 49.6 Å². The van der Waals surface area contributed by atoms with Crippen LogP contribution in [0.1, 0.15) is 55.3 Å². The molecule has 2 aliphatic heterocycles. The topological polar surface area (TPSA) is 45.2 Å². The largest absolute Gasteiger partial charge is 0.333 e. The molecular formula is C16H25N3OS. The van der Waals surface area contributed by atoms with Gasteiger partial charge in [-0.15, -0.1) is 11.3 Å². The Labute approximate surface area is 130 Å². The minimum atomic E-state index is 0.228. The minimum absolute atomic E-state index is 0.228. The number of hydrogen-bond donors (Lipinski definition) is 1. The number of thiazole rings is 1. The van der Waals surface area contributed by atoms with Crippen molar-refractivity contribution in [2.24, 2.45) is 5.92 Å². The highest BCUT2D eigenvalue weighted by Gasteiger charge is 2.30. The van der Waals surface area contributed by atoms with Gasteiger partial charge in [-0.25, -0.2) is 4.98 Å². The summed E-state index contributed by atoms with van der Waals surface area (Å²) in [5.41, 5.74) is 1.07. The van der Waals surface area contributed by atoms with Crippen molar-refractivity contribution in [3.8, 4) is 0 Å². The van der Waals surface area contributed by atoms with Crippen molar-refractivity contribution in [2.75, 3.05) is 19.6 Å². The summed E-state index contributed by atoms with van der Waals surface area (Å²) in [5, 5.41) is 6.60. The van der Waals surface area contributed by atoms with Gasteiger partial charge in [0.05, 0.1) is 6.04 Å². The smallest absolute Gasteiger partial charge is 0.223 e. The molecule has 5 heteroatoms. The van der Waals surface area contributed by atoms with Gasteiger partial charge in [0.2, 0.25) is 5.91 Å². The molecule has 0 radical (unpaired) electrons. The number of piperidine rings is 1. The van der Waals surface area contributed by atoms with Crippen LogP contribution < -0.4 is 5.32 Å². The molecule has 2 atom stereocenters. The summed E-state index contributed by atoms with van der Waals surface area (Å²) in [6, 6.07) is 0.228. The van der Waals surface area contributed by atoms with E-state index in [0.29, 0.717) is 18.2 Å². The zero-order valence-corrected chi connectivity index (χ0v) is 13.6. The molecule has 4 nitrogen and oxygen atoms in total. The van der Waals surface area contributed by atoms with E-state index < -0.39 is 0 Å². The fourth-order valence-electron chi connectivity index (χ4n) is 3.44. The van der Waals surface area contributed by atoms with E-state index in [2.05, 4.69) is 20.6 Å². The summed E-state index contributed by atoms with van der Waals surface area (Å²) in [6.45, 7) is 5.14. The van der Waals surface area contributed by atoms with Crippen LogP contribution in [0.5, 0.6) is 0 Å². The van der Waals surface area contributed by atoms with Crippen LogP contribution in [0.25, 0.3) is 0 Å². The Bertz CT molecular complexity index is 482. The highest BCUT2D eigenvalue weighted by Crippen LogP contribution is 2.33.